The Bertz CT molecular complexity index is 495. The third kappa shape index (κ3) is 7.28. The van der Waals surface area contributed by atoms with Crippen LogP contribution < -0.4 is 0 Å². The van der Waals surface area contributed by atoms with Crippen LogP contribution in [0, 0.1) is 10.8 Å². The van der Waals surface area contributed by atoms with Crippen LogP contribution in [-0.2, 0) is 12.8 Å². The van der Waals surface area contributed by atoms with Gasteiger partial charge in [0.1, 0.15) is 11.5 Å². The summed E-state index contributed by atoms with van der Waals surface area (Å²) < 4.78 is 0. The van der Waals surface area contributed by atoms with Crippen molar-refractivity contribution < 1.29 is 10.2 Å². The quantitative estimate of drug-likeness (QED) is 0.596. The Morgan fingerprint density at radius 1 is 0.870 bits per heavy atom. The van der Waals surface area contributed by atoms with Crippen molar-refractivity contribution in [3.8, 4) is 11.5 Å². The van der Waals surface area contributed by atoms with Gasteiger partial charge in [0.15, 0.2) is 0 Å². The van der Waals surface area contributed by atoms with E-state index in [4.69, 9.17) is 0 Å². The van der Waals surface area contributed by atoms with E-state index >= 15 is 0 Å². The summed E-state index contributed by atoms with van der Waals surface area (Å²) in [5.41, 5.74) is 2.83. The van der Waals surface area contributed by atoms with Gasteiger partial charge in [-0.15, -0.1) is 0 Å². The third-order valence-electron chi connectivity index (χ3n) is 4.91. The van der Waals surface area contributed by atoms with Crippen LogP contribution in [0.15, 0.2) is 12.1 Å². The second-order valence-corrected chi connectivity index (χ2v) is 8.89. The Kier molecular flexibility index (Phi) is 6.98. The molecule has 1 aromatic rings. The summed E-state index contributed by atoms with van der Waals surface area (Å²) in [6.45, 7) is 13.6. The largest absolute Gasteiger partial charge is 0.508 e. The Hall–Kier alpha value is -1.18. The predicted octanol–water partition coefficient (Wildman–Crippen LogP) is 6.23. The minimum absolute atomic E-state index is 0.172. The average molecular weight is 321 g/mol. The molecule has 2 nitrogen and oxygen atoms in total. The lowest BCUT2D eigenvalue weighted by Crippen LogP contribution is -2.10. The highest BCUT2D eigenvalue weighted by Gasteiger charge is 2.17. The molecule has 0 fully saturated rings. The van der Waals surface area contributed by atoms with Gasteiger partial charge in [0.25, 0.3) is 0 Å². The molecule has 0 spiro atoms. The molecular formula is C21H36O2. The molecule has 0 atom stereocenters. The summed E-state index contributed by atoms with van der Waals surface area (Å²) in [6, 6.07) is 3.32. The molecule has 0 heterocycles. The maximum atomic E-state index is 10.3. The van der Waals surface area contributed by atoms with Crippen molar-refractivity contribution in [3.05, 3.63) is 23.3 Å². The number of hydrogen-bond donors (Lipinski definition) is 2. The molecule has 0 radical (unpaired) electrons. The molecule has 2 heteroatoms. The van der Waals surface area contributed by atoms with Crippen LogP contribution in [0.1, 0.15) is 84.8 Å². The van der Waals surface area contributed by atoms with E-state index in [1.165, 1.54) is 12.5 Å². The summed E-state index contributed by atoms with van der Waals surface area (Å²) in [5, 5.41) is 20.1. The van der Waals surface area contributed by atoms with Gasteiger partial charge in [0.05, 0.1) is 0 Å². The van der Waals surface area contributed by atoms with Crippen LogP contribution in [-0.4, -0.2) is 10.2 Å². The zero-order chi connectivity index (χ0) is 17.7. The molecule has 1 rings (SSSR count). The zero-order valence-electron chi connectivity index (χ0n) is 16.0. The maximum Gasteiger partial charge on any atom is 0.122 e. The fraction of sp³-hybridized carbons (Fsp3) is 0.714. The van der Waals surface area contributed by atoms with E-state index in [2.05, 4.69) is 41.5 Å². The molecule has 0 aromatic heterocycles. The summed E-state index contributed by atoms with van der Waals surface area (Å²) in [4.78, 5) is 0. The van der Waals surface area contributed by atoms with Gasteiger partial charge in [0, 0.05) is 6.07 Å². The van der Waals surface area contributed by atoms with Gasteiger partial charge in [-0.05, 0) is 66.5 Å². The SMILES string of the molecule is CCC(C)(C)CCCc1c(O)cc(O)cc1CCCC(C)(C)C. The Morgan fingerprint density at radius 2 is 1.48 bits per heavy atom. The first-order valence-corrected chi connectivity index (χ1v) is 9.08. The van der Waals surface area contributed by atoms with Gasteiger partial charge >= 0.3 is 0 Å². The number of aromatic hydroxyl groups is 2. The van der Waals surface area contributed by atoms with Crippen molar-refractivity contribution in [1.82, 2.24) is 0 Å². The molecule has 0 saturated carbocycles. The zero-order valence-corrected chi connectivity index (χ0v) is 16.0. The molecule has 23 heavy (non-hydrogen) atoms. The van der Waals surface area contributed by atoms with E-state index in [1.807, 2.05) is 6.07 Å². The van der Waals surface area contributed by atoms with Crippen molar-refractivity contribution >= 4 is 0 Å². The van der Waals surface area contributed by atoms with E-state index < -0.39 is 0 Å². The Labute approximate surface area is 142 Å². The van der Waals surface area contributed by atoms with Crippen LogP contribution in [0.5, 0.6) is 11.5 Å². The Morgan fingerprint density at radius 3 is 2.04 bits per heavy atom. The van der Waals surface area contributed by atoms with Crippen molar-refractivity contribution in [2.45, 2.75) is 86.5 Å². The minimum atomic E-state index is 0.172. The molecule has 0 bridgehead atoms. The summed E-state index contributed by atoms with van der Waals surface area (Å²) in [7, 11) is 0. The Balaban J connectivity index is 2.76. The number of hydrogen-bond acceptors (Lipinski definition) is 2. The number of aryl methyl sites for hydroxylation is 1. The molecule has 0 aliphatic rings. The van der Waals surface area contributed by atoms with E-state index in [0.717, 1.165) is 49.7 Å². The highest BCUT2D eigenvalue weighted by Crippen LogP contribution is 2.33. The highest BCUT2D eigenvalue weighted by molar-refractivity contribution is 5.45. The van der Waals surface area contributed by atoms with Gasteiger partial charge in [0.2, 0.25) is 0 Å². The lowest BCUT2D eigenvalue weighted by atomic mass is 9.83. The number of rotatable bonds is 8. The molecule has 2 N–H and O–H groups in total. The molecule has 1 aromatic carbocycles. The van der Waals surface area contributed by atoms with Gasteiger partial charge in [-0.3, -0.25) is 0 Å². The number of phenols is 2. The summed E-state index contributed by atoms with van der Waals surface area (Å²) in [6.07, 6.45) is 7.45. The first kappa shape index (κ1) is 19.9. The van der Waals surface area contributed by atoms with Crippen molar-refractivity contribution in [1.29, 1.82) is 0 Å². The fourth-order valence-corrected chi connectivity index (χ4v) is 2.94. The van der Waals surface area contributed by atoms with Crippen molar-refractivity contribution in [2.75, 3.05) is 0 Å². The first-order valence-electron chi connectivity index (χ1n) is 9.08. The summed E-state index contributed by atoms with van der Waals surface area (Å²) >= 11 is 0. The van der Waals surface area contributed by atoms with Gasteiger partial charge in [-0.2, -0.15) is 0 Å². The van der Waals surface area contributed by atoms with E-state index in [-0.39, 0.29) is 11.5 Å². The highest BCUT2D eigenvalue weighted by atomic mass is 16.3. The van der Waals surface area contributed by atoms with Gasteiger partial charge in [-0.1, -0.05) is 48.0 Å². The topological polar surface area (TPSA) is 40.5 Å². The van der Waals surface area contributed by atoms with Crippen LogP contribution in [0.25, 0.3) is 0 Å². The smallest absolute Gasteiger partial charge is 0.122 e. The average Bonchev–Trinajstić information content (AvgIpc) is 2.40. The third-order valence-corrected chi connectivity index (χ3v) is 4.91. The standard InChI is InChI=1S/C21H36O2/c1-7-21(5,6)13-9-11-18-16(10-8-12-20(2,3)4)14-17(22)15-19(18)23/h14-15,22-23H,7-13H2,1-6H3. The van der Waals surface area contributed by atoms with E-state index in [0.29, 0.717) is 10.8 Å². The molecule has 0 aliphatic heterocycles. The maximum absolute atomic E-state index is 10.3. The minimum Gasteiger partial charge on any atom is -0.508 e. The molecule has 0 amide bonds. The number of phenolic OH excluding ortho intramolecular Hbond substituents is 2. The monoisotopic (exact) mass is 320 g/mol. The van der Waals surface area contributed by atoms with Gasteiger partial charge < -0.3 is 10.2 Å². The van der Waals surface area contributed by atoms with Crippen molar-refractivity contribution in [3.63, 3.8) is 0 Å². The predicted molar refractivity (Wildman–Crippen MR) is 99.2 cm³/mol. The molecule has 0 saturated heterocycles. The lowest BCUT2D eigenvalue weighted by molar-refractivity contribution is 0.312. The van der Waals surface area contributed by atoms with Crippen molar-refractivity contribution in [2.24, 2.45) is 10.8 Å². The lowest BCUT2D eigenvalue weighted by Gasteiger charge is -2.23. The fourth-order valence-electron chi connectivity index (χ4n) is 2.94. The summed E-state index contributed by atoms with van der Waals surface area (Å²) in [5.74, 6) is 0.427. The number of benzene rings is 1. The normalized spacial score (nSPS) is 12.6. The second-order valence-electron chi connectivity index (χ2n) is 8.89. The first-order chi connectivity index (χ1) is 10.5. The van der Waals surface area contributed by atoms with Gasteiger partial charge in [-0.25, -0.2) is 0 Å². The molecule has 132 valence electrons. The van der Waals surface area contributed by atoms with E-state index in [9.17, 15) is 10.2 Å². The second kappa shape index (κ2) is 8.08. The van der Waals surface area contributed by atoms with Crippen LogP contribution >= 0.6 is 0 Å². The molecule has 0 unspecified atom stereocenters. The van der Waals surface area contributed by atoms with Crippen LogP contribution in [0.2, 0.25) is 0 Å². The van der Waals surface area contributed by atoms with Crippen LogP contribution in [0.4, 0.5) is 0 Å². The van der Waals surface area contributed by atoms with Crippen LogP contribution in [0.3, 0.4) is 0 Å². The molecule has 0 aliphatic carbocycles. The molecular weight excluding hydrogens is 284 g/mol. The van der Waals surface area contributed by atoms with E-state index in [1.54, 1.807) is 0 Å².